The number of ether oxygens (including phenoxy) is 1. The first-order valence-electron chi connectivity index (χ1n) is 11.8. The minimum Gasteiger partial charge on any atom is -0.494 e. The molecule has 0 amide bonds. The number of pyridine rings is 1. The zero-order valence-electron chi connectivity index (χ0n) is 20.5. The molecule has 0 saturated carbocycles. The Morgan fingerprint density at radius 3 is 2.46 bits per heavy atom. The third kappa shape index (κ3) is 5.68. The van der Waals surface area contributed by atoms with Crippen LogP contribution in [-0.4, -0.2) is 52.4 Å². The van der Waals surface area contributed by atoms with Crippen molar-refractivity contribution in [2.45, 2.75) is 20.3 Å². The monoisotopic (exact) mass is 495 g/mol. The summed E-state index contributed by atoms with van der Waals surface area (Å²) in [7, 11) is -1.96. The first-order chi connectivity index (χ1) is 16.8. The van der Waals surface area contributed by atoms with E-state index in [1.54, 1.807) is 12.3 Å². The van der Waals surface area contributed by atoms with Crippen LogP contribution in [-0.2, 0) is 10.0 Å². The highest BCUT2D eigenvalue weighted by Gasteiger charge is 2.18. The fourth-order valence-corrected chi connectivity index (χ4v) is 5.54. The van der Waals surface area contributed by atoms with Crippen LogP contribution in [0.1, 0.15) is 18.9 Å². The van der Waals surface area contributed by atoms with Crippen molar-refractivity contribution >= 4 is 27.2 Å². The molecular formula is C26H33N5O3S. The molecule has 0 aliphatic carbocycles. The first-order valence-corrected chi connectivity index (χ1v) is 13.5. The number of sulfonamides is 1. The van der Waals surface area contributed by atoms with Crippen LogP contribution in [0.15, 0.2) is 48.7 Å². The number of hydrogen-bond donors (Lipinski definition) is 3. The maximum absolute atomic E-state index is 12.5. The summed E-state index contributed by atoms with van der Waals surface area (Å²) in [6.45, 7) is 7.67. The van der Waals surface area contributed by atoms with Crippen molar-refractivity contribution in [1.29, 1.82) is 0 Å². The Morgan fingerprint density at radius 1 is 1.09 bits per heavy atom. The molecule has 0 unspecified atom stereocenters. The summed E-state index contributed by atoms with van der Waals surface area (Å²) in [6.07, 6.45) is 2.28. The Morgan fingerprint density at radius 2 is 1.80 bits per heavy atom. The number of rotatable bonds is 8. The van der Waals surface area contributed by atoms with E-state index >= 15 is 0 Å². The Labute approximate surface area is 207 Å². The zero-order chi connectivity index (χ0) is 25.0. The van der Waals surface area contributed by atoms with E-state index in [9.17, 15) is 8.42 Å². The van der Waals surface area contributed by atoms with Gasteiger partial charge in [0.15, 0.2) is 0 Å². The highest BCUT2D eigenvalue weighted by molar-refractivity contribution is 7.92. The SMILES string of the molecule is CCCS(=O)(=O)Nc1cc(-c2cc(-c3ccc(N4CCNCC4)cc3)cnc2N)cc(C)c1OC. The molecule has 4 N–H and O–H groups in total. The van der Waals surface area contributed by atoms with Crippen molar-refractivity contribution in [2.75, 3.05) is 54.4 Å². The topological polar surface area (TPSA) is 110 Å². The van der Waals surface area contributed by atoms with Crippen LogP contribution in [0.5, 0.6) is 5.75 Å². The standard InChI is InChI=1S/C26H33N5O3S/c1-4-13-35(32,33)30-24-16-20(14-18(2)25(24)34-3)23-15-21(17-29-26(23)27)19-5-7-22(8-6-19)31-11-9-28-10-12-31/h5-8,14-17,28,30H,4,9-13H2,1-3H3,(H2,27,29). The quantitative estimate of drug-likeness (QED) is 0.435. The molecule has 3 aromatic rings. The third-order valence-corrected chi connectivity index (χ3v) is 7.61. The fraction of sp³-hybridized carbons (Fsp3) is 0.346. The summed E-state index contributed by atoms with van der Waals surface area (Å²) >= 11 is 0. The number of hydrogen-bond acceptors (Lipinski definition) is 7. The number of piperazine rings is 1. The molecule has 0 atom stereocenters. The van der Waals surface area contributed by atoms with Gasteiger partial charge in [0.25, 0.3) is 0 Å². The van der Waals surface area contributed by atoms with Gasteiger partial charge in [0.05, 0.1) is 18.6 Å². The normalized spacial score (nSPS) is 14.1. The van der Waals surface area contributed by atoms with Crippen molar-refractivity contribution in [1.82, 2.24) is 10.3 Å². The van der Waals surface area contributed by atoms with Crippen LogP contribution in [0.4, 0.5) is 17.2 Å². The second-order valence-corrected chi connectivity index (χ2v) is 10.6. The molecular weight excluding hydrogens is 462 g/mol. The molecule has 2 heterocycles. The van der Waals surface area contributed by atoms with Gasteiger partial charge in [-0.25, -0.2) is 13.4 Å². The number of nitrogen functional groups attached to an aromatic ring is 1. The third-order valence-electron chi connectivity index (χ3n) is 6.13. The van der Waals surface area contributed by atoms with Crippen molar-refractivity contribution in [3.63, 3.8) is 0 Å². The van der Waals surface area contributed by atoms with Crippen LogP contribution in [0.2, 0.25) is 0 Å². The number of nitrogens with zero attached hydrogens (tertiary/aromatic N) is 2. The number of aromatic nitrogens is 1. The number of benzene rings is 2. The Balaban J connectivity index is 1.69. The van der Waals surface area contributed by atoms with Crippen molar-refractivity contribution in [3.05, 3.63) is 54.2 Å². The van der Waals surface area contributed by atoms with Gasteiger partial charge in [0, 0.05) is 49.2 Å². The van der Waals surface area contributed by atoms with Crippen LogP contribution in [0, 0.1) is 6.92 Å². The number of anilines is 3. The van der Waals surface area contributed by atoms with E-state index in [1.807, 2.05) is 26.0 Å². The summed E-state index contributed by atoms with van der Waals surface area (Å²) in [4.78, 5) is 6.81. The lowest BCUT2D eigenvalue weighted by Crippen LogP contribution is -2.43. The molecule has 186 valence electrons. The van der Waals surface area contributed by atoms with Gasteiger partial charge in [-0.15, -0.1) is 0 Å². The maximum Gasteiger partial charge on any atom is 0.232 e. The molecule has 1 aliphatic heterocycles. The number of nitrogens with two attached hydrogens (primary N) is 1. The average molecular weight is 496 g/mol. The van der Waals surface area contributed by atoms with Gasteiger partial charge in [-0.1, -0.05) is 19.1 Å². The van der Waals surface area contributed by atoms with Gasteiger partial charge in [0.2, 0.25) is 10.0 Å². The van der Waals surface area contributed by atoms with E-state index < -0.39 is 10.0 Å². The van der Waals surface area contributed by atoms with E-state index in [1.165, 1.54) is 12.8 Å². The van der Waals surface area contributed by atoms with E-state index in [0.29, 0.717) is 23.7 Å². The Kier molecular flexibility index (Phi) is 7.47. The van der Waals surface area contributed by atoms with E-state index in [2.05, 4.69) is 44.2 Å². The lowest BCUT2D eigenvalue weighted by Gasteiger charge is -2.29. The van der Waals surface area contributed by atoms with Gasteiger partial charge in [0.1, 0.15) is 11.6 Å². The van der Waals surface area contributed by atoms with Crippen molar-refractivity contribution < 1.29 is 13.2 Å². The smallest absolute Gasteiger partial charge is 0.232 e. The molecule has 0 radical (unpaired) electrons. The summed E-state index contributed by atoms with van der Waals surface area (Å²) in [5.41, 5.74) is 12.1. The molecule has 35 heavy (non-hydrogen) atoms. The van der Waals surface area contributed by atoms with Crippen LogP contribution in [0.3, 0.4) is 0 Å². The van der Waals surface area contributed by atoms with Gasteiger partial charge >= 0.3 is 0 Å². The fourth-order valence-electron chi connectivity index (χ4n) is 4.42. The van der Waals surface area contributed by atoms with Crippen LogP contribution < -0.4 is 25.4 Å². The number of methoxy groups -OCH3 is 1. The van der Waals surface area contributed by atoms with E-state index in [0.717, 1.165) is 54.0 Å². The summed E-state index contributed by atoms with van der Waals surface area (Å²) in [6, 6.07) is 14.1. The molecule has 1 aromatic heterocycles. The predicted molar refractivity (Wildman–Crippen MR) is 144 cm³/mol. The number of nitrogens with one attached hydrogen (secondary N) is 2. The second-order valence-electron chi connectivity index (χ2n) is 8.74. The van der Waals surface area contributed by atoms with Crippen LogP contribution >= 0.6 is 0 Å². The minimum absolute atomic E-state index is 0.0303. The first kappa shape index (κ1) is 24.8. The molecule has 1 aliphatic rings. The van der Waals surface area contributed by atoms with E-state index in [4.69, 9.17) is 10.5 Å². The van der Waals surface area contributed by atoms with Crippen molar-refractivity contribution in [3.8, 4) is 28.0 Å². The Bertz CT molecular complexity index is 1290. The lowest BCUT2D eigenvalue weighted by atomic mass is 9.98. The van der Waals surface area contributed by atoms with Crippen LogP contribution in [0.25, 0.3) is 22.3 Å². The zero-order valence-corrected chi connectivity index (χ0v) is 21.3. The number of aryl methyl sites for hydroxylation is 1. The highest BCUT2D eigenvalue weighted by Crippen LogP contribution is 2.38. The van der Waals surface area contributed by atoms with Gasteiger partial charge in [-0.3, -0.25) is 4.72 Å². The minimum atomic E-state index is -3.49. The molecule has 2 aromatic carbocycles. The second kappa shape index (κ2) is 10.5. The molecule has 0 bridgehead atoms. The molecule has 8 nitrogen and oxygen atoms in total. The predicted octanol–water partition coefficient (Wildman–Crippen LogP) is 3.88. The van der Waals surface area contributed by atoms with Gasteiger partial charge in [-0.2, -0.15) is 0 Å². The van der Waals surface area contributed by atoms with Crippen molar-refractivity contribution in [2.24, 2.45) is 0 Å². The summed E-state index contributed by atoms with van der Waals surface area (Å²) in [5, 5.41) is 3.37. The molecule has 1 fully saturated rings. The summed E-state index contributed by atoms with van der Waals surface area (Å²) < 4.78 is 33.1. The van der Waals surface area contributed by atoms with E-state index in [-0.39, 0.29) is 5.75 Å². The largest absolute Gasteiger partial charge is 0.494 e. The van der Waals surface area contributed by atoms with Gasteiger partial charge in [-0.05, 0) is 60.4 Å². The highest BCUT2D eigenvalue weighted by atomic mass is 32.2. The average Bonchev–Trinajstić information content (AvgIpc) is 2.84. The molecule has 1 saturated heterocycles. The molecule has 0 spiro atoms. The maximum atomic E-state index is 12.5. The summed E-state index contributed by atoms with van der Waals surface area (Å²) in [5.74, 6) is 0.889. The lowest BCUT2D eigenvalue weighted by molar-refractivity contribution is 0.414. The Hall–Kier alpha value is -3.30. The molecule has 4 rings (SSSR count). The molecule has 9 heteroatoms. The van der Waals surface area contributed by atoms with Gasteiger partial charge < -0.3 is 20.7 Å².